The Hall–Kier alpha value is -0.940. The molecule has 0 aromatic carbocycles. The van der Waals surface area contributed by atoms with Gasteiger partial charge in [0.05, 0.1) is 0 Å². The maximum atomic E-state index is 9.14. The van der Waals surface area contributed by atoms with Crippen molar-refractivity contribution in [1.29, 1.82) is 0 Å². The molecule has 72 valence electrons. The van der Waals surface area contributed by atoms with Crippen molar-refractivity contribution >= 4 is 0 Å². The number of hydrogen-bond acceptors (Lipinski definition) is 5. The molecule has 1 aromatic rings. The number of rotatable bonds is 2. The number of aromatic nitrogens is 2. The van der Waals surface area contributed by atoms with Crippen LogP contribution in [-0.4, -0.2) is 21.3 Å². The van der Waals surface area contributed by atoms with E-state index in [1.54, 1.807) is 6.92 Å². The number of aliphatic hydroxyl groups excluding tert-OH is 1. The second-order valence-electron chi connectivity index (χ2n) is 3.58. The van der Waals surface area contributed by atoms with Crippen LogP contribution in [0.15, 0.2) is 4.42 Å². The Morgan fingerprint density at radius 1 is 1.54 bits per heavy atom. The average Bonchev–Trinajstić information content (AvgIpc) is 2.46. The summed E-state index contributed by atoms with van der Waals surface area (Å²) < 4.78 is 5.27. The third-order valence-electron chi connectivity index (χ3n) is 2.34. The Labute approximate surface area is 76.0 Å². The molecule has 0 aliphatic heterocycles. The highest BCUT2D eigenvalue weighted by Gasteiger charge is 2.31. The van der Waals surface area contributed by atoms with E-state index < -0.39 is 6.10 Å². The fraction of sp³-hybridized carbons (Fsp3) is 0.750. The molecule has 0 saturated heterocycles. The first-order valence-electron chi connectivity index (χ1n) is 4.43. The van der Waals surface area contributed by atoms with Gasteiger partial charge in [0.1, 0.15) is 6.10 Å². The summed E-state index contributed by atoms with van der Waals surface area (Å²) in [5, 5.41) is 16.7. The second-order valence-corrected chi connectivity index (χ2v) is 3.58. The highest BCUT2D eigenvalue weighted by molar-refractivity contribution is 5.01. The quantitative estimate of drug-likeness (QED) is 0.690. The molecule has 1 aliphatic carbocycles. The van der Waals surface area contributed by atoms with Crippen LogP contribution in [0.5, 0.6) is 0 Å². The first-order chi connectivity index (χ1) is 6.16. The van der Waals surface area contributed by atoms with E-state index >= 15 is 0 Å². The lowest BCUT2D eigenvalue weighted by Crippen LogP contribution is -2.34. The predicted octanol–water partition coefficient (Wildman–Crippen LogP) is 0.328. The van der Waals surface area contributed by atoms with Crippen molar-refractivity contribution in [2.75, 3.05) is 0 Å². The van der Waals surface area contributed by atoms with Crippen LogP contribution >= 0.6 is 0 Å². The van der Waals surface area contributed by atoms with E-state index in [1.165, 1.54) is 0 Å². The summed E-state index contributed by atoms with van der Waals surface area (Å²) in [6, 6.07) is 0.270. The highest BCUT2D eigenvalue weighted by atomic mass is 16.4. The predicted molar refractivity (Wildman–Crippen MR) is 44.9 cm³/mol. The van der Waals surface area contributed by atoms with Crippen LogP contribution in [0.3, 0.4) is 0 Å². The van der Waals surface area contributed by atoms with E-state index in [0.29, 0.717) is 11.8 Å². The van der Waals surface area contributed by atoms with E-state index in [0.717, 1.165) is 12.8 Å². The van der Waals surface area contributed by atoms with Gasteiger partial charge in [0.2, 0.25) is 11.8 Å². The van der Waals surface area contributed by atoms with Crippen LogP contribution in [0.2, 0.25) is 0 Å². The van der Waals surface area contributed by atoms with E-state index in [2.05, 4.69) is 10.2 Å². The largest absolute Gasteiger partial charge is 0.422 e. The molecule has 1 heterocycles. The molecular formula is C8H13N3O2. The van der Waals surface area contributed by atoms with Crippen molar-refractivity contribution in [2.45, 2.75) is 37.8 Å². The number of aliphatic hydroxyl groups is 1. The molecule has 2 rings (SSSR count). The van der Waals surface area contributed by atoms with Crippen molar-refractivity contribution in [2.24, 2.45) is 5.73 Å². The van der Waals surface area contributed by atoms with Gasteiger partial charge in [-0.2, -0.15) is 0 Å². The van der Waals surface area contributed by atoms with Crippen molar-refractivity contribution in [1.82, 2.24) is 10.2 Å². The van der Waals surface area contributed by atoms with Crippen molar-refractivity contribution in [3.63, 3.8) is 0 Å². The van der Waals surface area contributed by atoms with Gasteiger partial charge in [0, 0.05) is 12.0 Å². The van der Waals surface area contributed by atoms with Crippen molar-refractivity contribution < 1.29 is 9.52 Å². The minimum Gasteiger partial charge on any atom is -0.422 e. The van der Waals surface area contributed by atoms with E-state index in [-0.39, 0.29) is 11.9 Å². The Kier molecular flexibility index (Phi) is 2.05. The summed E-state index contributed by atoms with van der Waals surface area (Å²) in [5.41, 5.74) is 5.63. The molecule has 0 spiro atoms. The van der Waals surface area contributed by atoms with Gasteiger partial charge in [-0.15, -0.1) is 10.2 Å². The van der Waals surface area contributed by atoms with Gasteiger partial charge in [0.15, 0.2) is 0 Å². The van der Waals surface area contributed by atoms with Crippen LogP contribution in [0.1, 0.15) is 43.6 Å². The highest BCUT2D eigenvalue weighted by Crippen LogP contribution is 2.35. The normalized spacial score (nSPS) is 29.8. The minimum atomic E-state index is -0.685. The fourth-order valence-corrected chi connectivity index (χ4v) is 1.44. The molecule has 0 bridgehead atoms. The van der Waals surface area contributed by atoms with E-state index in [9.17, 15) is 0 Å². The molecule has 1 atom stereocenters. The second kappa shape index (κ2) is 3.08. The standard InChI is InChI=1S/C8H13N3O2/c1-4(12)7-10-11-8(13-7)5-2-6(9)3-5/h4-6,12H,2-3,9H2,1H3/t4-,5?,6?/m1/s1. The molecule has 5 nitrogen and oxygen atoms in total. The summed E-state index contributed by atoms with van der Waals surface area (Å²) in [6.45, 7) is 1.60. The summed E-state index contributed by atoms with van der Waals surface area (Å²) in [5.74, 6) is 1.20. The van der Waals surface area contributed by atoms with Crippen LogP contribution in [0, 0.1) is 0 Å². The lowest BCUT2D eigenvalue weighted by molar-refractivity contribution is 0.156. The van der Waals surface area contributed by atoms with Crippen LogP contribution in [-0.2, 0) is 0 Å². The first kappa shape index (κ1) is 8.65. The van der Waals surface area contributed by atoms with Gasteiger partial charge in [-0.05, 0) is 19.8 Å². The SMILES string of the molecule is C[C@@H](O)c1nnc(C2CC(N)C2)o1. The van der Waals surface area contributed by atoms with Crippen LogP contribution < -0.4 is 5.73 Å². The lowest BCUT2D eigenvalue weighted by Gasteiger charge is -2.29. The Morgan fingerprint density at radius 2 is 2.23 bits per heavy atom. The summed E-state index contributed by atoms with van der Waals surface area (Å²) >= 11 is 0. The number of hydrogen-bond donors (Lipinski definition) is 2. The molecule has 1 fully saturated rings. The van der Waals surface area contributed by atoms with Gasteiger partial charge >= 0.3 is 0 Å². The first-order valence-corrected chi connectivity index (χ1v) is 4.43. The molecule has 1 aromatic heterocycles. The fourth-order valence-electron chi connectivity index (χ4n) is 1.44. The molecule has 0 radical (unpaired) electrons. The molecule has 13 heavy (non-hydrogen) atoms. The third-order valence-corrected chi connectivity index (χ3v) is 2.34. The zero-order valence-corrected chi connectivity index (χ0v) is 7.47. The van der Waals surface area contributed by atoms with Gasteiger partial charge in [0.25, 0.3) is 0 Å². The minimum absolute atomic E-state index is 0.270. The summed E-state index contributed by atoms with van der Waals surface area (Å²) in [7, 11) is 0. The lowest BCUT2D eigenvalue weighted by atomic mass is 9.81. The number of nitrogens with zero attached hydrogens (tertiary/aromatic N) is 2. The van der Waals surface area contributed by atoms with Crippen molar-refractivity contribution in [3.8, 4) is 0 Å². The average molecular weight is 183 g/mol. The molecule has 3 N–H and O–H groups in total. The Balaban J connectivity index is 2.06. The Morgan fingerprint density at radius 3 is 2.69 bits per heavy atom. The Bertz CT molecular complexity index is 291. The topological polar surface area (TPSA) is 85.2 Å². The zero-order chi connectivity index (χ0) is 9.42. The molecular weight excluding hydrogens is 170 g/mol. The maximum absolute atomic E-state index is 9.14. The van der Waals surface area contributed by atoms with E-state index in [1.807, 2.05) is 0 Å². The molecule has 5 heteroatoms. The van der Waals surface area contributed by atoms with Gasteiger partial charge in [-0.25, -0.2) is 0 Å². The van der Waals surface area contributed by atoms with Crippen LogP contribution in [0.4, 0.5) is 0 Å². The number of nitrogens with two attached hydrogens (primary N) is 1. The van der Waals surface area contributed by atoms with Gasteiger partial charge in [-0.1, -0.05) is 0 Å². The van der Waals surface area contributed by atoms with Crippen molar-refractivity contribution in [3.05, 3.63) is 11.8 Å². The monoisotopic (exact) mass is 183 g/mol. The molecule has 1 saturated carbocycles. The molecule has 1 aliphatic rings. The molecule has 0 amide bonds. The maximum Gasteiger partial charge on any atom is 0.244 e. The zero-order valence-electron chi connectivity index (χ0n) is 7.47. The van der Waals surface area contributed by atoms with Crippen LogP contribution in [0.25, 0.3) is 0 Å². The summed E-state index contributed by atoms with van der Waals surface area (Å²) in [6.07, 6.45) is 1.12. The van der Waals surface area contributed by atoms with E-state index in [4.69, 9.17) is 15.3 Å². The van der Waals surface area contributed by atoms with Gasteiger partial charge < -0.3 is 15.3 Å². The molecule has 0 unspecified atom stereocenters. The summed E-state index contributed by atoms with van der Waals surface area (Å²) in [4.78, 5) is 0. The smallest absolute Gasteiger partial charge is 0.244 e. The van der Waals surface area contributed by atoms with Gasteiger partial charge in [-0.3, -0.25) is 0 Å². The third kappa shape index (κ3) is 1.57.